The predicted molar refractivity (Wildman–Crippen MR) is 113 cm³/mol. The number of rotatable bonds is 6. The summed E-state index contributed by atoms with van der Waals surface area (Å²) in [5.41, 5.74) is 4.01. The van der Waals surface area contributed by atoms with Crippen molar-refractivity contribution in [3.8, 4) is 11.3 Å². The first-order valence-electron chi connectivity index (χ1n) is 9.92. The molecule has 1 fully saturated rings. The quantitative estimate of drug-likeness (QED) is 0.455. The highest BCUT2D eigenvalue weighted by Gasteiger charge is 2.25. The molecule has 0 amide bonds. The van der Waals surface area contributed by atoms with Gasteiger partial charge in [0.05, 0.1) is 13.7 Å². The number of hydrogen-bond donors (Lipinski definition) is 0. The Bertz CT molecular complexity index is 996. The van der Waals surface area contributed by atoms with Crippen LogP contribution in [0.25, 0.3) is 17.3 Å². The molecule has 0 saturated carbocycles. The summed E-state index contributed by atoms with van der Waals surface area (Å²) in [6, 6.07) is 20.1. The number of hydrogen-bond acceptors (Lipinski definition) is 6. The minimum atomic E-state index is -0.360. The molecule has 0 aliphatic carbocycles. The highest BCUT2D eigenvalue weighted by Crippen LogP contribution is 2.27. The highest BCUT2D eigenvalue weighted by molar-refractivity contribution is 5.86. The average Bonchev–Trinajstić information content (AvgIpc) is 3.30. The van der Waals surface area contributed by atoms with Gasteiger partial charge in [-0.3, -0.25) is 4.90 Å². The number of esters is 1. The molecule has 1 aromatic heterocycles. The Hall–Kier alpha value is -3.22. The third-order valence-electron chi connectivity index (χ3n) is 5.06. The standard InChI is InChI=1S/C24H24N2O4/c1-28-24(27)12-11-18-7-9-19(10-8-18)16-26-13-14-29-23(17-26)22-15-21(25-30-22)20-5-3-2-4-6-20/h2-12,15,23H,13-14,16-17H2,1H3. The summed E-state index contributed by atoms with van der Waals surface area (Å²) in [4.78, 5) is 13.6. The molecule has 2 aromatic carbocycles. The molecule has 0 radical (unpaired) electrons. The Balaban J connectivity index is 1.37. The summed E-state index contributed by atoms with van der Waals surface area (Å²) in [6.45, 7) is 3.07. The second-order valence-corrected chi connectivity index (χ2v) is 7.17. The number of methoxy groups -OCH3 is 1. The van der Waals surface area contributed by atoms with E-state index >= 15 is 0 Å². The van der Waals surface area contributed by atoms with E-state index in [-0.39, 0.29) is 12.1 Å². The third-order valence-corrected chi connectivity index (χ3v) is 5.06. The van der Waals surface area contributed by atoms with Crippen LogP contribution in [0.5, 0.6) is 0 Å². The van der Waals surface area contributed by atoms with E-state index in [0.29, 0.717) is 6.61 Å². The Morgan fingerprint density at radius 3 is 2.77 bits per heavy atom. The molecule has 3 aromatic rings. The molecule has 6 heteroatoms. The van der Waals surface area contributed by atoms with Gasteiger partial charge in [-0.05, 0) is 17.2 Å². The first-order valence-corrected chi connectivity index (χ1v) is 9.92. The topological polar surface area (TPSA) is 64.8 Å². The van der Waals surface area contributed by atoms with Crippen LogP contribution in [0.3, 0.4) is 0 Å². The molecule has 1 aliphatic heterocycles. The molecule has 1 atom stereocenters. The van der Waals surface area contributed by atoms with Crippen molar-refractivity contribution in [3.63, 3.8) is 0 Å². The van der Waals surface area contributed by atoms with Crippen molar-refractivity contribution < 1.29 is 18.8 Å². The molecule has 154 valence electrons. The fourth-order valence-electron chi connectivity index (χ4n) is 3.43. The minimum Gasteiger partial charge on any atom is -0.466 e. The van der Waals surface area contributed by atoms with Crippen molar-refractivity contribution in [2.75, 3.05) is 26.8 Å². The minimum absolute atomic E-state index is 0.133. The maximum Gasteiger partial charge on any atom is 0.330 e. The second-order valence-electron chi connectivity index (χ2n) is 7.17. The van der Waals surface area contributed by atoms with Gasteiger partial charge < -0.3 is 14.0 Å². The van der Waals surface area contributed by atoms with Crippen molar-refractivity contribution in [1.82, 2.24) is 10.1 Å². The van der Waals surface area contributed by atoms with Gasteiger partial charge in [-0.25, -0.2) is 4.79 Å². The van der Waals surface area contributed by atoms with Gasteiger partial charge >= 0.3 is 5.97 Å². The van der Waals surface area contributed by atoms with E-state index in [1.165, 1.54) is 18.7 Å². The lowest BCUT2D eigenvalue weighted by atomic mass is 10.1. The predicted octanol–water partition coefficient (Wildman–Crippen LogP) is 4.10. The van der Waals surface area contributed by atoms with E-state index in [2.05, 4.69) is 26.9 Å². The maximum atomic E-state index is 11.2. The number of nitrogens with zero attached hydrogens (tertiary/aromatic N) is 2. The molecule has 30 heavy (non-hydrogen) atoms. The number of ether oxygens (including phenoxy) is 2. The van der Waals surface area contributed by atoms with E-state index in [4.69, 9.17) is 9.26 Å². The van der Waals surface area contributed by atoms with E-state index in [1.807, 2.05) is 48.5 Å². The van der Waals surface area contributed by atoms with Gasteiger partial charge in [-0.1, -0.05) is 59.8 Å². The zero-order valence-corrected chi connectivity index (χ0v) is 16.9. The molecule has 4 rings (SSSR count). The van der Waals surface area contributed by atoms with Crippen LogP contribution >= 0.6 is 0 Å². The molecule has 1 unspecified atom stereocenters. The van der Waals surface area contributed by atoms with Crippen molar-refractivity contribution >= 4 is 12.0 Å². The smallest absolute Gasteiger partial charge is 0.330 e. The lowest BCUT2D eigenvalue weighted by Gasteiger charge is -2.31. The van der Waals surface area contributed by atoms with Gasteiger partial charge in [0.1, 0.15) is 11.8 Å². The number of morpholine rings is 1. The molecule has 0 bridgehead atoms. The number of aromatic nitrogens is 1. The first-order chi connectivity index (χ1) is 14.7. The van der Waals surface area contributed by atoms with Crippen molar-refractivity contribution in [2.45, 2.75) is 12.6 Å². The average molecular weight is 404 g/mol. The van der Waals surface area contributed by atoms with E-state index in [0.717, 1.165) is 42.2 Å². The van der Waals surface area contributed by atoms with Crippen LogP contribution in [0.1, 0.15) is 23.0 Å². The largest absolute Gasteiger partial charge is 0.466 e. The van der Waals surface area contributed by atoms with Gasteiger partial charge in [-0.2, -0.15) is 0 Å². The molecule has 6 nitrogen and oxygen atoms in total. The van der Waals surface area contributed by atoms with Crippen LogP contribution < -0.4 is 0 Å². The van der Waals surface area contributed by atoms with Crippen LogP contribution in [0.2, 0.25) is 0 Å². The Morgan fingerprint density at radius 1 is 1.20 bits per heavy atom. The fourth-order valence-corrected chi connectivity index (χ4v) is 3.43. The normalized spacial score (nSPS) is 17.3. The van der Waals surface area contributed by atoms with Crippen molar-refractivity contribution in [2.24, 2.45) is 0 Å². The summed E-state index contributed by atoms with van der Waals surface area (Å²) in [7, 11) is 1.37. The third kappa shape index (κ3) is 5.03. The van der Waals surface area contributed by atoms with Crippen LogP contribution in [0.15, 0.2) is 71.3 Å². The number of benzene rings is 2. The number of carbonyl (C=O) groups is 1. The Labute approximate surface area is 175 Å². The molecular formula is C24H24N2O4. The van der Waals surface area contributed by atoms with Crippen LogP contribution in [-0.2, 0) is 20.8 Å². The van der Waals surface area contributed by atoms with Gasteiger partial charge in [0.25, 0.3) is 0 Å². The molecule has 1 aliphatic rings. The van der Waals surface area contributed by atoms with Crippen molar-refractivity contribution in [3.05, 3.63) is 83.6 Å². The zero-order chi connectivity index (χ0) is 20.8. The molecule has 2 heterocycles. The summed E-state index contributed by atoms with van der Waals surface area (Å²) in [5.74, 6) is 0.392. The van der Waals surface area contributed by atoms with Gasteiger partial charge in [0.15, 0.2) is 5.76 Å². The molecule has 1 saturated heterocycles. The fraction of sp³-hybridized carbons (Fsp3) is 0.250. The van der Waals surface area contributed by atoms with E-state index in [1.54, 1.807) is 6.08 Å². The van der Waals surface area contributed by atoms with E-state index < -0.39 is 0 Å². The monoisotopic (exact) mass is 404 g/mol. The Kier molecular flexibility index (Phi) is 6.37. The van der Waals surface area contributed by atoms with E-state index in [9.17, 15) is 4.79 Å². The highest BCUT2D eigenvalue weighted by atomic mass is 16.5. The van der Waals surface area contributed by atoms with Gasteiger partial charge in [0.2, 0.25) is 0 Å². The summed E-state index contributed by atoms with van der Waals surface area (Å²) in [6.07, 6.45) is 3.03. The van der Waals surface area contributed by atoms with Gasteiger partial charge in [0, 0.05) is 37.3 Å². The zero-order valence-electron chi connectivity index (χ0n) is 16.9. The lowest BCUT2D eigenvalue weighted by molar-refractivity contribution is -0.134. The SMILES string of the molecule is COC(=O)C=Cc1ccc(CN2CCOC(c3cc(-c4ccccc4)no3)C2)cc1. The summed E-state index contributed by atoms with van der Waals surface area (Å²) in [5, 5.41) is 4.20. The van der Waals surface area contributed by atoms with Crippen LogP contribution in [0.4, 0.5) is 0 Å². The summed E-state index contributed by atoms with van der Waals surface area (Å²) >= 11 is 0. The van der Waals surface area contributed by atoms with Crippen LogP contribution in [0, 0.1) is 0 Å². The summed E-state index contributed by atoms with van der Waals surface area (Å²) < 4.78 is 16.1. The number of carbonyl (C=O) groups excluding carboxylic acids is 1. The molecule has 0 N–H and O–H groups in total. The molecule has 0 spiro atoms. The molecular weight excluding hydrogens is 380 g/mol. The Morgan fingerprint density at radius 2 is 2.00 bits per heavy atom. The lowest BCUT2D eigenvalue weighted by Crippen LogP contribution is -2.37. The van der Waals surface area contributed by atoms with Crippen molar-refractivity contribution in [1.29, 1.82) is 0 Å². The second kappa shape index (κ2) is 9.52. The van der Waals surface area contributed by atoms with Crippen LogP contribution in [-0.4, -0.2) is 42.8 Å². The van der Waals surface area contributed by atoms with Gasteiger partial charge in [-0.15, -0.1) is 0 Å². The first kappa shape index (κ1) is 20.1. The maximum absolute atomic E-state index is 11.2.